The summed E-state index contributed by atoms with van der Waals surface area (Å²) in [5.41, 5.74) is 4.03. The van der Waals surface area contributed by atoms with E-state index in [1.165, 1.54) is 5.47 Å². The van der Waals surface area contributed by atoms with Crippen LogP contribution in [-0.2, 0) is 0 Å². The van der Waals surface area contributed by atoms with E-state index in [2.05, 4.69) is 45.1 Å². The van der Waals surface area contributed by atoms with Gasteiger partial charge in [0.1, 0.15) is 0 Å². The van der Waals surface area contributed by atoms with Gasteiger partial charge in [0.25, 0.3) is 0 Å². The highest BCUT2D eigenvalue weighted by Crippen LogP contribution is 2.19. The Morgan fingerprint density at radius 2 is 1.50 bits per heavy atom. The SMILES string of the molecule is C=CCB(CC=C)/C(=C\[Si](C)(C)C)CC=C. The van der Waals surface area contributed by atoms with Crippen LogP contribution in [0.5, 0.6) is 0 Å². The van der Waals surface area contributed by atoms with Crippen molar-refractivity contribution in [2.45, 2.75) is 38.7 Å². The minimum Gasteiger partial charge on any atom is -0.104 e. The Balaban J connectivity index is 4.95. The highest BCUT2D eigenvalue weighted by atomic mass is 28.3. The lowest BCUT2D eigenvalue weighted by Gasteiger charge is -2.18. The Morgan fingerprint density at radius 1 is 1.00 bits per heavy atom. The lowest BCUT2D eigenvalue weighted by molar-refractivity contribution is 1.31. The van der Waals surface area contributed by atoms with Crippen molar-refractivity contribution in [3.8, 4) is 0 Å². The number of allylic oxidation sites excluding steroid dienone is 4. The van der Waals surface area contributed by atoms with Crippen molar-refractivity contribution in [3.63, 3.8) is 0 Å². The van der Waals surface area contributed by atoms with Gasteiger partial charge >= 0.3 is 0 Å². The highest BCUT2D eigenvalue weighted by molar-refractivity contribution is 6.83. The van der Waals surface area contributed by atoms with E-state index in [0.717, 1.165) is 19.1 Å². The fourth-order valence-corrected chi connectivity index (χ4v) is 3.33. The first-order valence-electron chi connectivity index (χ1n) is 5.99. The maximum Gasteiger partial charge on any atom is 0.177 e. The van der Waals surface area contributed by atoms with Crippen LogP contribution in [-0.4, -0.2) is 14.8 Å². The van der Waals surface area contributed by atoms with Gasteiger partial charge in [-0.3, -0.25) is 0 Å². The maximum absolute atomic E-state index is 3.86. The van der Waals surface area contributed by atoms with Crippen LogP contribution in [0.3, 0.4) is 0 Å². The molecule has 0 nitrogen and oxygen atoms in total. The summed E-state index contributed by atoms with van der Waals surface area (Å²) in [7, 11) is -1.16. The normalized spacial score (nSPS) is 12.1. The average Bonchev–Trinajstić information content (AvgIpc) is 2.15. The van der Waals surface area contributed by atoms with Crippen LogP contribution < -0.4 is 0 Å². The largest absolute Gasteiger partial charge is 0.177 e. The topological polar surface area (TPSA) is 0 Å². The highest BCUT2D eigenvalue weighted by Gasteiger charge is 2.18. The molecule has 0 amide bonds. The fraction of sp³-hybridized carbons (Fsp3) is 0.429. The van der Waals surface area contributed by atoms with E-state index >= 15 is 0 Å². The van der Waals surface area contributed by atoms with Crippen LogP contribution in [0.25, 0.3) is 0 Å². The van der Waals surface area contributed by atoms with Gasteiger partial charge in [0.2, 0.25) is 0 Å². The van der Waals surface area contributed by atoms with E-state index in [9.17, 15) is 0 Å². The summed E-state index contributed by atoms with van der Waals surface area (Å²) in [6, 6.07) is 0. The Bertz CT molecular complexity index is 261. The molecule has 0 saturated heterocycles. The molecule has 0 unspecified atom stereocenters. The fourth-order valence-electron chi connectivity index (χ4n) is 1.87. The molecule has 0 aliphatic carbocycles. The van der Waals surface area contributed by atoms with Crippen molar-refractivity contribution < 1.29 is 0 Å². The van der Waals surface area contributed by atoms with E-state index in [1.807, 2.05) is 18.2 Å². The van der Waals surface area contributed by atoms with E-state index in [0.29, 0.717) is 6.71 Å². The van der Waals surface area contributed by atoms with Crippen molar-refractivity contribution in [1.29, 1.82) is 0 Å². The third-order valence-corrected chi connectivity index (χ3v) is 3.66. The van der Waals surface area contributed by atoms with Crippen LogP contribution in [0.2, 0.25) is 32.3 Å². The summed E-state index contributed by atoms with van der Waals surface area (Å²) in [5, 5.41) is 0. The van der Waals surface area contributed by atoms with Gasteiger partial charge < -0.3 is 0 Å². The number of hydrogen-bond acceptors (Lipinski definition) is 0. The van der Waals surface area contributed by atoms with Gasteiger partial charge in [0, 0.05) is 0 Å². The first-order chi connectivity index (χ1) is 7.44. The van der Waals surface area contributed by atoms with Gasteiger partial charge in [0.15, 0.2) is 6.71 Å². The molecule has 0 radical (unpaired) electrons. The zero-order valence-corrected chi connectivity index (χ0v) is 12.1. The molecular formula is C14H25BSi. The summed E-state index contributed by atoms with van der Waals surface area (Å²) in [4.78, 5) is 0. The minimum absolute atomic E-state index is 0.569. The summed E-state index contributed by atoms with van der Waals surface area (Å²) < 4.78 is 0. The molecule has 0 spiro atoms. The maximum atomic E-state index is 3.86. The lowest BCUT2D eigenvalue weighted by Crippen LogP contribution is -2.22. The molecule has 0 fully saturated rings. The van der Waals surface area contributed by atoms with Crippen LogP contribution >= 0.6 is 0 Å². The second-order valence-corrected chi connectivity index (χ2v) is 10.3. The van der Waals surface area contributed by atoms with Crippen molar-refractivity contribution >= 4 is 14.8 Å². The van der Waals surface area contributed by atoms with Crippen LogP contribution in [0, 0.1) is 0 Å². The first kappa shape index (κ1) is 15.2. The molecule has 0 aromatic rings. The Kier molecular flexibility index (Phi) is 7.15. The van der Waals surface area contributed by atoms with Gasteiger partial charge in [-0.25, -0.2) is 0 Å². The predicted molar refractivity (Wildman–Crippen MR) is 82.0 cm³/mol. The molecule has 0 saturated carbocycles. The molecule has 0 atom stereocenters. The van der Waals surface area contributed by atoms with E-state index in [1.54, 1.807) is 0 Å². The van der Waals surface area contributed by atoms with Gasteiger partial charge in [0.05, 0.1) is 8.07 Å². The Hall–Kier alpha value is -0.758. The molecule has 88 valence electrons. The summed E-state index contributed by atoms with van der Waals surface area (Å²) in [5.74, 6) is 0. The van der Waals surface area contributed by atoms with Gasteiger partial charge in [-0.2, -0.15) is 0 Å². The second-order valence-electron chi connectivity index (χ2n) is 5.32. The molecule has 0 aromatic heterocycles. The Labute approximate surface area is 103 Å². The monoisotopic (exact) mass is 232 g/mol. The molecule has 16 heavy (non-hydrogen) atoms. The van der Waals surface area contributed by atoms with Crippen LogP contribution in [0.15, 0.2) is 49.1 Å². The molecule has 0 aliphatic rings. The van der Waals surface area contributed by atoms with E-state index in [-0.39, 0.29) is 0 Å². The van der Waals surface area contributed by atoms with Gasteiger partial charge in [-0.1, -0.05) is 50.5 Å². The standard InChI is InChI=1S/C14H25BSi/c1-7-10-14(13-16(4,5)6)15(11-8-2)12-9-3/h7-9,13H,1-3,10-12H2,4-6H3/b14-13-. The third-order valence-electron chi connectivity index (χ3n) is 2.43. The molecule has 0 N–H and O–H groups in total. The molecule has 2 heteroatoms. The summed E-state index contributed by atoms with van der Waals surface area (Å²) >= 11 is 0. The van der Waals surface area contributed by atoms with Crippen LogP contribution in [0.1, 0.15) is 6.42 Å². The minimum atomic E-state index is -1.16. The first-order valence-corrected chi connectivity index (χ1v) is 9.56. The van der Waals surface area contributed by atoms with Crippen LogP contribution in [0.4, 0.5) is 0 Å². The zero-order valence-electron chi connectivity index (χ0n) is 11.1. The van der Waals surface area contributed by atoms with E-state index in [4.69, 9.17) is 0 Å². The van der Waals surface area contributed by atoms with Crippen molar-refractivity contribution in [3.05, 3.63) is 49.1 Å². The lowest BCUT2D eigenvalue weighted by atomic mass is 9.40. The smallest absolute Gasteiger partial charge is 0.104 e. The molecule has 0 aromatic carbocycles. The summed E-state index contributed by atoms with van der Waals surface area (Å²) in [6.07, 6.45) is 9.10. The number of rotatable bonds is 8. The average molecular weight is 232 g/mol. The molecule has 0 aliphatic heterocycles. The second kappa shape index (κ2) is 7.50. The zero-order chi connectivity index (χ0) is 12.6. The molecule has 0 rings (SSSR count). The predicted octanol–water partition coefficient (Wildman–Crippen LogP) is 4.77. The quantitative estimate of drug-likeness (QED) is 0.417. The van der Waals surface area contributed by atoms with Crippen molar-refractivity contribution in [2.75, 3.05) is 0 Å². The molecule has 0 bridgehead atoms. The van der Waals surface area contributed by atoms with Crippen molar-refractivity contribution in [1.82, 2.24) is 0 Å². The van der Waals surface area contributed by atoms with Crippen molar-refractivity contribution in [2.24, 2.45) is 0 Å². The van der Waals surface area contributed by atoms with Gasteiger partial charge in [-0.15, -0.1) is 30.9 Å². The number of hydrogen-bond donors (Lipinski definition) is 0. The third kappa shape index (κ3) is 6.68. The Morgan fingerprint density at radius 3 is 1.81 bits per heavy atom. The van der Waals surface area contributed by atoms with E-state index < -0.39 is 8.07 Å². The summed E-state index contributed by atoms with van der Waals surface area (Å²) in [6.45, 7) is 19.2. The molecule has 0 heterocycles. The molecular weight excluding hydrogens is 207 g/mol. The van der Waals surface area contributed by atoms with Gasteiger partial charge in [-0.05, 0) is 6.42 Å².